The SMILES string of the molecule is Cc1cnc(C2CCCN2Cc2cccs2)[nH]1. The maximum atomic E-state index is 4.48. The number of hydrogen-bond donors (Lipinski definition) is 1. The molecule has 1 unspecified atom stereocenters. The van der Waals surface area contributed by atoms with Crippen LogP contribution in [0.3, 0.4) is 0 Å². The standard InChI is InChI=1S/C13H17N3S/c1-10-8-14-13(15-10)12-5-2-6-16(12)9-11-4-3-7-17-11/h3-4,7-8,12H,2,5-6,9H2,1H3,(H,14,15). The Labute approximate surface area is 106 Å². The minimum atomic E-state index is 0.478. The average molecular weight is 247 g/mol. The zero-order valence-electron chi connectivity index (χ0n) is 10.0. The Hall–Kier alpha value is -1.13. The molecule has 3 heterocycles. The van der Waals surface area contributed by atoms with E-state index >= 15 is 0 Å². The highest BCUT2D eigenvalue weighted by molar-refractivity contribution is 7.09. The summed E-state index contributed by atoms with van der Waals surface area (Å²) in [4.78, 5) is 11.8. The van der Waals surface area contributed by atoms with E-state index in [1.807, 2.05) is 17.5 Å². The number of likely N-dealkylation sites (tertiary alicyclic amines) is 1. The summed E-state index contributed by atoms with van der Waals surface area (Å²) < 4.78 is 0. The highest BCUT2D eigenvalue weighted by Gasteiger charge is 2.28. The third-order valence-electron chi connectivity index (χ3n) is 3.34. The Balaban J connectivity index is 1.76. The maximum absolute atomic E-state index is 4.48. The number of aromatic amines is 1. The van der Waals surface area contributed by atoms with E-state index in [9.17, 15) is 0 Å². The lowest BCUT2D eigenvalue weighted by Gasteiger charge is -2.22. The highest BCUT2D eigenvalue weighted by Crippen LogP contribution is 2.32. The van der Waals surface area contributed by atoms with Crippen molar-refractivity contribution in [2.24, 2.45) is 0 Å². The Kier molecular flexibility index (Phi) is 2.99. The lowest BCUT2D eigenvalue weighted by Crippen LogP contribution is -2.23. The van der Waals surface area contributed by atoms with Crippen LogP contribution in [0.5, 0.6) is 0 Å². The smallest absolute Gasteiger partial charge is 0.123 e. The molecule has 0 saturated carbocycles. The Morgan fingerprint density at radius 1 is 1.59 bits per heavy atom. The monoisotopic (exact) mass is 247 g/mol. The topological polar surface area (TPSA) is 31.9 Å². The molecule has 1 aliphatic heterocycles. The van der Waals surface area contributed by atoms with Gasteiger partial charge in [0.15, 0.2) is 0 Å². The van der Waals surface area contributed by atoms with Gasteiger partial charge in [-0.2, -0.15) is 0 Å². The summed E-state index contributed by atoms with van der Waals surface area (Å²) in [6, 6.07) is 4.82. The van der Waals surface area contributed by atoms with Crippen LogP contribution in [-0.2, 0) is 6.54 Å². The lowest BCUT2D eigenvalue weighted by molar-refractivity contribution is 0.243. The third-order valence-corrected chi connectivity index (χ3v) is 4.20. The van der Waals surface area contributed by atoms with E-state index in [-0.39, 0.29) is 0 Å². The molecule has 1 aliphatic rings. The van der Waals surface area contributed by atoms with E-state index in [0.717, 1.165) is 18.1 Å². The first-order chi connectivity index (χ1) is 8.33. The van der Waals surface area contributed by atoms with E-state index in [0.29, 0.717) is 6.04 Å². The van der Waals surface area contributed by atoms with Crippen LogP contribution in [0.15, 0.2) is 23.7 Å². The zero-order chi connectivity index (χ0) is 11.7. The molecule has 1 atom stereocenters. The van der Waals surface area contributed by atoms with Gasteiger partial charge in [0.25, 0.3) is 0 Å². The van der Waals surface area contributed by atoms with Crippen molar-refractivity contribution in [3.05, 3.63) is 40.1 Å². The van der Waals surface area contributed by atoms with Crippen LogP contribution in [0.2, 0.25) is 0 Å². The van der Waals surface area contributed by atoms with Gasteiger partial charge in [-0.3, -0.25) is 4.90 Å². The van der Waals surface area contributed by atoms with Crippen molar-refractivity contribution < 1.29 is 0 Å². The van der Waals surface area contributed by atoms with E-state index in [1.165, 1.54) is 24.3 Å². The number of thiophene rings is 1. The van der Waals surface area contributed by atoms with Gasteiger partial charge in [0.2, 0.25) is 0 Å². The van der Waals surface area contributed by atoms with Crippen LogP contribution < -0.4 is 0 Å². The van der Waals surface area contributed by atoms with Gasteiger partial charge in [0, 0.05) is 23.3 Å². The molecular formula is C13H17N3S. The molecular weight excluding hydrogens is 230 g/mol. The molecule has 0 aliphatic carbocycles. The molecule has 0 spiro atoms. The van der Waals surface area contributed by atoms with Crippen molar-refractivity contribution in [2.75, 3.05) is 6.54 Å². The minimum Gasteiger partial charge on any atom is -0.345 e. The first-order valence-corrected chi connectivity index (χ1v) is 6.99. The van der Waals surface area contributed by atoms with Crippen LogP contribution >= 0.6 is 11.3 Å². The van der Waals surface area contributed by atoms with Crippen molar-refractivity contribution in [2.45, 2.75) is 32.4 Å². The molecule has 0 amide bonds. The molecule has 3 rings (SSSR count). The molecule has 1 N–H and O–H groups in total. The molecule has 3 nitrogen and oxygen atoms in total. The summed E-state index contributed by atoms with van der Waals surface area (Å²) in [6.07, 6.45) is 4.42. The Bertz CT molecular complexity index is 475. The van der Waals surface area contributed by atoms with Crippen LogP contribution in [0, 0.1) is 6.92 Å². The second-order valence-electron chi connectivity index (χ2n) is 4.66. The van der Waals surface area contributed by atoms with Crippen molar-refractivity contribution >= 4 is 11.3 Å². The van der Waals surface area contributed by atoms with Gasteiger partial charge in [-0.15, -0.1) is 11.3 Å². The van der Waals surface area contributed by atoms with E-state index in [2.05, 4.69) is 39.3 Å². The molecule has 0 aromatic carbocycles. The first-order valence-electron chi connectivity index (χ1n) is 6.11. The molecule has 2 aromatic heterocycles. The second kappa shape index (κ2) is 4.63. The van der Waals surface area contributed by atoms with Gasteiger partial charge in [0.05, 0.1) is 6.04 Å². The average Bonchev–Trinajstić information content (AvgIpc) is 2.99. The summed E-state index contributed by atoms with van der Waals surface area (Å²) in [5.41, 5.74) is 1.16. The van der Waals surface area contributed by atoms with Crippen molar-refractivity contribution in [1.82, 2.24) is 14.9 Å². The van der Waals surface area contributed by atoms with E-state index < -0.39 is 0 Å². The second-order valence-corrected chi connectivity index (χ2v) is 5.69. The number of H-pyrrole nitrogens is 1. The number of aromatic nitrogens is 2. The molecule has 1 fully saturated rings. The minimum absolute atomic E-state index is 0.478. The van der Waals surface area contributed by atoms with Gasteiger partial charge in [-0.25, -0.2) is 4.98 Å². The fourth-order valence-electron chi connectivity index (χ4n) is 2.53. The number of nitrogens with zero attached hydrogens (tertiary/aromatic N) is 2. The fourth-order valence-corrected chi connectivity index (χ4v) is 3.26. The first kappa shape index (κ1) is 11.0. The zero-order valence-corrected chi connectivity index (χ0v) is 10.8. The largest absolute Gasteiger partial charge is 0.345 e. The molecule has 0 radical (unpaired) electrons. The Morgan fingerprint density at radius 2 is 2.53 bits per heavy atom. The molecule has 4 heteroatoms. The fraction of sp³-hybridized carbons (Fsp3) is 0.462. The number of aryl methyl sites for hydroxylation is 1. The molecule has 2 aromatic rings. The number of rotatable bonds is 3. The third kappa shape index (κ3) is 2.28. The number of hydrogen-bond acceptors (Lipinski definition) is 3. The van der Waals surface area contributed by atoms with Gasteiger partial charge < -0.3 is 4.98 Å². The van der Waals surface area contributed by atoms with Crippen LogP contribution in [0.25, 0.3) is 0 Å². The van der Waals surface area contributed by atoms with Crippen LogP contribution in [0.4, 0.5) is 0 Å². The molecule has 90 valence electrons. The summed E-state index contributed by atoms with van der Waals surface area (Å²) >= 11 is 1.84. The van der Waals surface area contributed by atoms with Gasteiger partial charge in [-0.05, 0) is 37.8 Å². The van der Waals surface area contributed by atoms with Crippen LogP contribution in [0.1, 0.15) is 35.3 Å². The van der Waals surface area contributed by atoms with E-state index in [4.69, 9.17) is 0 Å². The highest BCUT2D eigenvalue weighted by atomic mass is 32.1. The van der Waals surface area contributed by atoms with Gasteiger partial charge >= 0.3 is 0 Å². The predicted octanol–water partition coefficient (Wildman–Crippen LogP) is 3.12. The number of imidazole rings is 1. The summed E-state index contributed by atoms with van der Waals surface area (Å²) in [5.74, 6) is 1.14. The Morgan fingerprint density at radius 3 is 3.24 bits per heavy atom. The summed E-state index contributed by atoms with van der Waals surface area (Å²) in [7, 11) is 0. The van der Waals surface area contributed by atoms with Crippen molar-refractivity contribution in [1.29, 1.82) is 0 Å². The molecule has 0 bridgehead atoms. The van der Waals surface area contributed by atoms with Gasteiger partial charge in [-0.1, -0.05) is 6.07 Å². The molecule has 1 saturated heterocycles. The van der Waals surface area contributed by atoms with Gasteiger partial charge in [0.1, 0.15) is 5.82 Å². The van der Waals surface area contributed by atoms with Crippen molar-refractivity contribution in [3.63, 3.8) is 0 Å². The maximum Gasteiger partial charge on any atom is 0.123 e. The predicted molar refractivity (Wildman–Crippen MR) is 70.0 cm³/mol. The quantitative estimate of drug-likeness (QED) is 0.903. The van der Waals surface area contributed by atoms with E-state index in [1.54, 1.807) is 0 Å². The molecule has 17 heavy (non-hydrogen) atoms. The number of nitrogens with one attached hydrogen (secondary N) is 1. The summed E-state index contributed by atoms with van der Waals surface area (Å²) in [6.45, 7) is 4.31. The lowest BCUT2D eigenvalue weighted by atomic mass is 10.2. The summed E-state index contributed by atoms with van der Waals surface area (Å²) in [5, 5.41) is 2.15. The normalized spacial score (nSPS) is 21.1. The van der Waals surface area contributed by atoms with Crippen molar-refractivity contribution in [3.8, 4) is 0 Å². The van der Waals surface area contributed by atoms with Crippen LogP contribution in [-0.4, -0.2) is 21.4 Å².